The molecular formula is C13H19N3O4. The van der Waals surface area contributed by atoms with Gasteiger partial charge in [-0.1, -0.05) is 13.3 Å². The maximum Gasteiger partial charge on any atom is 0.282 e. The SMILES string of the molecule is CCCC(COC)NC(=O)c1cc(N)ccc1[N+](=O)[O-]. The minimum Gasteiger partial charge on any atom is -0.399 e. The zero-order valence-corrected chi connectivity index (χ0v) is 11.6. The number of carbonyl (C=O) groups is 1. The summed E-state index contributed by atoms with van der Waals surface area (Å²) >= 11 is 0. The molecule has 0 aliphatic rings. The summed E-state index contributed by atoms with van der Waals surface area (Å²) in [5, 5.41) is 13.7. The molecule has 1 amide bonds. The molecule has 0 fully saturated rings. The van der Waals surface area contributed by atoms with E-state index in [9.17, 15) is 14.9 Å². The first kappa shape index (κ1) is 15.9. The van der Waals surface area contributed by atoms with Crippen LogP contribution < -0.4 is 11.1 Å². The van der Waals surface area contributed by atoms with Crippen LogP contribution in [0.15, 0.2) is 18.2 Å². The predicted molar refractivity (Wildman–Crippen MR) is 75.5 cm³/mol. The largest absolute Gasteiger partial charge is 0.399 e. The number of benzene rings is 1. The molecular weight excluding hydrogens is 262 g/mol. The molecule has 1 aromatic rings. The molecule has 20 heavy (non-hydrogen) atoms. The first-order valence-electron chi connectivity index (χ1n) is 6.33. The summed E-state index contributed by atoms with van der Waals surface area (Å²) in [6.07, 6.45) is 1.60. The van der Waals surface area contributed by atoms with Crippen LogP contribution >= 0.6 is 0 Å². The van der Waals surface area contributed by atoms with E-state index >= 15 is 0 Å². The van der Waals surface area contributed by atoms with Crippen molar-refractivity contribution in [1.29, 1.82) is 0 Å². The number of ether oxygens (including phenoxy) is 1. The third kappa shape index (κ3) is 4.20. The third-order valence-corrected chi connectivity index (χ3v) is 2.80. The van der Waals surface area contributed by atoms with Gasteiger partial charge in [0.25, 0.3) is 11.6 Å². The van der Waals surface area contributed by atoms with Gasteiger partial charge in [0.05, 0.1) is 17.6 Å². The van der Waals surface area contributed by atoms with Crippen molar-refractivity contribution in [3.8, 4) is 0 Å². The Morgan fingerprint density at radius 2 is 2.25 bits per heavy atom. The second-order valence-electron chi connectivity index (χ2n) is 4.45. The number of nitrogens with two attached hydrogens (primary N) is 1. The van der Waals surface area contributed by atoms with Crippen molar-refractivity contribution >= 4 is 17.3 Å². The van der Waals surface area contributed by atoms with Gasteiger partial charge in [0.15, 0.2) is 0 Å². The lowest BCUT2D eigenvalue weighted by Gasteiger charge is -2.17. The molecule has 0 radical (unpaired) electrons. The Kier molecular flexibility index (Phi) is 5.92. The van der Waals surface area contributed by atoms with Gasteiger partial charge in [-0.3, -0.25) is 14.9 Å². The molecule has 1 aromatic carbocycles. The number of nitrogens with zero attached hydrogens (tertiary/aromatic N) is 1. The summed E-state index contributed by atoms with van der Waals surface area (Å²) < 4.78 is 5.02. The molecule has 0 aliphatic carbocycles. The van der Waals surface area contributed by atoms with Crippen LogP contribution in [0.1, 0.15) is 30.1 Å². The Morgan fingerprint density at radius 3 is 2.80 bits per heavy atom. The van der Waals surface area contributed by atoms with Crippen molar-refractivity contribution in [1.82, 2.24) is 5.32 Å². The maximum absolute atomic E-state index is 12.2. The van der Waals surface area contributed by atoms with Crippen molar-refractivity contribution in [2.24, 2.45) is 0 Å². The number of hydrogen-bond acceptors (Lipinski definition) is 5. The quantitative estimate of drug-likeness (QED) is 0.449. The normalized spacial score (nSPS) is 11.9. The standard InChI is InChI=1S/C13H19N3O4/c1-3-4-10(8-20-2)15-13(17)11-7-9(14)5-6-12(11)16(18)19/h5-7,10H,3-4,8,14H2,1-2H3,(H,15,17). The molecule has 0 aromatic heterocycles. The monoisotopic (exact) mass is 281 g/mol. The van der Waals surface area contributed by atoms with Gasteiger partial charge in [-0.25, -0.2) is 0 Å². The zero-order chi connectivity index (χ0) is 15.1. The number of nitro benzene ring substituents is 1. The average molecular weight is 281 g/mol. The number of nitrogen functional groups attached to an aromatic ring is 1. The number of amides is 1. The van der Waals surface area contributed by atoms with Gasteiger partial charge in [0, 0.05) is 18.9 Å². The minimum atomic E-state index is -0.598. The van der Waals surface area contributed by atoms with Crippen molar-refractivity contribution in [2.75, 3.05) is 19.5 Å². The fourth-order valence-corrected chi connectivity index (χ4v) is 1.90. The number of nitro groups is 1. The first-order chi connectivity index (χ1) is 9.49. The third-order valence-electron chi connectivity index (χ3n) is 2.80. The molecule has 0 bridgehead atoms. The lowest BCUT2D eigenvalue weighted by atomic mass is 10.1. The van der Waals surface area contributed by atoms with Crippen LogP contribution in [-0.4, -0.2) is 30.6 Å². The van der Waals surface area contributed by atoms with E-state index in [1.165, 1.54) is 25.3 Å². The van der Waals surface area contributed by atoms with E-state index in [0.717, 1.165) is 12.8 Å². The van der Waals surface area contributed by atoms with Gasteiger partial charge in [-0.2, -0.15) is 0 Å². The van der Waals surface area contributed by atoms with Crippen LogP contribution in [0, 0.1) is 10.1 Å². The van der Waals surface area contributed by atoms with Crippen LogP contribution in [-0.2, 0) is 4.74 Å². The predicted octanol–water partition coefficient (Wildman–Crippen LogP) is 1.72. The fourth-order valence-electron chi connectivity index (χ4n) is 1.90. The Labute approximate surface area is 117 Å². The lowest BCUT2D eigenvalue weighted by Crippen LogP contribution is -2.38. The van der Waals surface area contributed by atoms with Gasteiger partial charge in [-0.05, 0) is 18.6 Å². The zero-order valence-electron chi connectivity index (χ0n) is 11.6. The molecule has 0 saturated carbocycles. The number of hydrogen-bond donors (Lipinski definition) is 2. The highest BCUT2D eigenvalue weighted by Crippen LogP contribution is 2.21. The second kappa shape index (κ2) is 7.44. The van der Waals surface area contributed by atoms with Crippen molar-refractivity contribution in [2.45, 2.75) is 25.8 Å². The van der Waals surface area contributed by atoms with Gasteiger partial charge in [0.1, 0.15) is 5.56 Å². The Morgan fingerprint density at radius 1 is 1.55 bits per heavy atom. The van der Waals surface area contributed by atoms with E-state index in [2.05, 4.69) is 5.32 Å². The summed E-state index contributed by atoms with van der Waals surface area (Å²) in [5.74, 6) is -0.514. The van der Waals surface area contributed by atoms with Crippen LogP contribution in [0.3, 0.4) is 0 Å². The number of nitrogens with one attached hydrogen (secondary N) is 1. The van der Waals surface area contributed by atoms with Crippen molar-refractivity contribution < 1.29 is 14.5 Å². The molecule has 0 aliphatic heterocycles. The van der Waals surface area contributed by atoms with Crippen molar-refractivity contribution in [3.63, 3.8) is 0 Å². The molecule has 1 rings (SSSR count). The highest BCUT2D eigenvalue weighted by atomic mass is 16.6. The van der Waals surface area contributed by atoms with Crippen LogP contribution in [0.4, 0.5) is 11.4 Å². The second-order valence-corrected chi connectivity index (χ2v) is 4.45. The summed E-state index contributed by atoms with van der Waals surface area (Å²) in [6, 6.07) is 3.75. The lowest BCUT2D eigenvalue weighted by molar-refractivity contribution is -0.385. The number of carbonyl (C=O) groups excluding carboxylic acids is 1. The van der Waals surface area contributed by atoms with Crippen LogP contribution in [0.2, 0.25) is 0 Å². The Bertz CT molecular complexity index is 485. The topological polar surface area (TPSA) is 107 Å². The smallest absolute Gasteiger partial charge is 0.282 e. The molecule has 1 atom stereocenters. The maximum atomic E-state index is 12.2. The summed E-state index contributed by atoms with van der Waals surface area (Å²) in [6.45, 7) is 2.34. The van der Waals surface area contributed by atoms with Gasteiger partial charge >= 0.3 is 0 Å². The summed E-state index contributed by atoms with van der Waals surface area (Å²) in [7, 11) is 1.54. The molecule has 3 N–H and O–H groups in total. The van der Waals surface area contributed by atoms with E-state index in [-0.39, 0.29) is 17.3 Å². The van der Waals surface area contributed by atoms with Gasteiger partial charge in [-0.15, -0.1) is 0 Å². The van der Waals surface area contributed by atoms with E-state index in [1.54, 1.807) is 0 Å². The molecule has 0 saturated heterocycles. The molecule has 0 spiro atoms. The van der Waals surface area contributed by atoms with Crippen LogP contribution in [0.5, 0.6) is 0 Å². The number of anilines is 1. The van der Waals surface area contributed by atoms with Crippen molar-refractivity contribution in [3.05, 3.63) is 33.9 Å². The minimum absolute atomic E-state index is 0.0350. The average Bonchev–Trinajstić information content (AvgIpc) is 2.38. The highest BCUT2D eigenvalue weighted by molar-refractivity contribution is 5.99. The molecule has 7 nitrogen and oxygen atoms in total. The Hall–Kier alpha value is -2.15. The summed E-state index contributed by atoms with van der Waals surface area (Å²) in [5.41, 5.74) is 5.60. The Balaban J connectivity index is 2.95. The molecule has 7 heteroatoms. The fraction of sp³-hybridized carbons (Fsp3) is 0.462. The first-order valence-corrected chi connectivity index (χ1v) is 6.33. The number of methoxy groups -OCH3 is 1. The van der Waals surface area contributed by atoms with E-state index in [1.807, 2.05) is 6.92 Å². The van der Waals surface area contributed by atoms with Crippen LogP contribution in [0.25, 0.3) is 0 Å². The molecule has 1 unspecified atom stereocenters. The highest BCUT2D eigenvalue weighted by Gasteiger charge is 2.22. The molecule has 110 valence electrons. The number of rotatable bonds is 7. The molecule has 0 heterocycles. The van der Waals surface area contributed by atoms with E-state index < -0.39 is 10.8 Å². The summed E-state index contributed by atoms with van der Waals surface area (Å²) in [4.78, 5) is 22.5. The van der Waals surface area contributed by atoms with Gasteiger partial charge in [0.2, 0.25) is 0 Å². The van der Waals surface area contributed by atoms with E-state index in [4.69, 9.17) is 10.5 Å². The van der Waals surface area contributed by atoms with Gasteiger partial charge < -0.3 is 15.8 Å². The van der Waals surface area contributed by atoms with E-state index in [0.29, 0.717) is 12.3 Å².